The minimum atomic E-state index is -0.748. The summed E-state index contributed by atoms with van der Waals surface area (Å²) in [5.74, 6) is -1.38. The van der Waals surface area contributed by atoms with E-state index in [1.165, 1.54) is 61.0 Å². The molecule has 0 amide bonds. The molecule has 21 nitrogen and oxygen atoms in total. The third-order valence-corrected chi connectivity index (χ3v) is 7.07. The number of hydrogen-bond donors (Lipinski definition) is 3. The summed E-state index contributed by atoms with van der Waals surface area (Å²) in [5.41, 5.74) is 2.43. The second-order valence-corrected chi connectivity index (χ2v) is 10.5. The number of nitrogens with zero attached hydrogens (tertiary/aromatic N) is 6. The number of aliphatic hydroxyl groups is 2. The van der Waals surface area contributed by atoms with Crippen LogP contribution in [0, 0.1) is 20.2 Å². The molecule has 4 aromatic rings. The van der Waals surface area contributed by atoms with Crippen LogP contribution in [0.1, 0.15) is 78.1 Å². The van der Waals surface area contributed by atoms with E-state index in [1.54, 1.807) is 39.1 Å². The van der Waals surface area contributed by atoms with E-state index in [0.29, 0.717) is 22.5 Å². The molecular formula is C32H41ClK2N6O15. The molecule has 0 bridgehead atoms. The van der Waals surface area contributed by atoms with Crippen molar-refractivity contribution in [3.05, 3.63) is 103 Å². The van der Waals surface area contributed by atoms with Crippen molar-refractivity contribution < 1.29 is 168 Å². The van der Waals surface area contributed by atoms with E-state index < -0.39 is 34.0 Å². The molecule has 0 spiro atoms. The van der Waals surface area contributed by atoms with Crippen LogP contribution < -0.4 is 113 Å². The Morgan fingerprint density at radius 2 is 1.29 bits per heavy atom. The molecule has 4 rings (SSSR count). The van der Waals surface area contributed by atoms with Crippen molar-refractivity contribution in [2.75, 3.05) is 14.2 Å². The summed E-state index contributed by atoms with van der Waals surface area (Å²) in [4.78, 5) is 61.4. The van der Waals surface area contributed by atoms with Crippen molar-refractivity contribution in [2.45, 2.75) is 46.0 Å². The van der Waals surface area contributed by atoms with Crippen molar-refractivity contribution in [1.82, 2.24) is 19.1 Å². The molecule has 2 unspecified atom stereocenters. The first kappa shape index (κ1) is 57.4. The number of methoxy groups -OCH3 is 2. The summed E-state index contributed by atoms with van der Waals surface area (Å²) in [6, 6.07) is 8.96. The van der Waals surface area contributed by atoms with Crippen molar-refractivity contribution >= 4 is 41.9 Å². The number of nitro groups is 2. The van der Waals surface area contributed by atoms with Gasteiger partial charge in [-0.05, 0) is 59.1 Å². The first-order valence-electron chi connectivity index (χ1n) is 14.7. The van der Waals surface area contributed by atoms with Gasteiger partial charge in [-0.1, -0.05) is 29.5 Å². The summed E-state index contributed by atoms with van der Waals surface area (Å²) in [6.45, 7) is 2.95. The molecule has 2 heterocycles. The smallest absolute Gasteiger partial charge is 1.00 e. The molecule has 0 fully saturated rings. The summed E-state index contributed by atoms with van der Waals surface area (Å²) in [6.07, 6.45) is 1.30. The maximum Gasteiger partial charge on any atom is 1.00 e. The van der Waals surface area contributed by atoms with E-state index in [0.717, 1.165) is 0 Å². The van der Waals surface area contributed by atoms with Crippen LogP contribution in [0.3, 0.4) is 0 Å². The number of phenols is 1. The Morgan fingerprint density at radius 3 is 1.66 bits per heavy atom. The Balaban J connectivity index is -0.000000365. The van der Waals surface area contributed by atoms with Gasteiger partial charge in [0.15, 0.2) is 5.69 Å². The van der Waals surface area contributed by atoms with Gasteiger partial charge in [0.25, 0.3) is 6.47 Å². The number of hydrogen-bond acceptors (Lipinski definition) is 17. The van der Waals surface area contributed by atoms with Crippen LogP contribution in [0.5, 0.6) is 11.5 Å². The Kier molecular flexibility index (Phi) is 30.1. The number of aromatic hydroxyl groups is 1. The zero-order chi connectivity index (χ0) is 40.4. The van der Waals surface area contributed by atoms with E-state index in [1.807, 2.05) is 0 Å². The van der Waals surface area contributed by atoms with Crippen LogP contribution in [0.4, 0.5) is 11.9 Å². The van der Waals surface area contributed by atoms with Gasteiger partial charge in [-0.15, -0.1) is 11.6 Å². The van der Waals surface area contributed by atoms with Crippen molar-refractivity contribution in [3.8, 4) is 11.5 Å². The number of benzene rings is 2. The molecule has 0 radical (unpaired) electrons. The Hall–Kier alpha value is -2.89. The standard InChI is InChI=1S/C15H17N3O6.C10H12O4.C5H6ClN3O2.CH2O3.CH4.2K.H/c1-9(19)10-4-5-13(12(6-10)14(20)23-3)24-8-11-7-16-15(17(11)2)18(21)22;1-6(11)7-3-4-9(12)8(5-7)10(13)14-2;1-8-4(2-6)3-7-5(8)9(10)11;2-1-4-3;;;;/h4-7,9,19H,8H2,1-3H3;3-6,11-12H,1-2H3;3H,2H2,1H3;1,3H;1H4;;;/q;;;;;2*+1;-1/p-1. The van der Waals surface area contributed by atoms with E-state index >= 15 is 0 Å². The first-order chi connectivity index (χ1) is 25.0. The third kappa shape index (κ3) is 17.7. The molecule has 0 aliphatic rings. The van der Waals surface area contributed by atoms with E-state index in [4.69, 9.17) is 31.1 Å². The zero-order valence-electron chi connectivity index (χ0n) is 32.1. The number of imidazole rings is 2. The molecule has 0 saturated heterocycles. The zero-order valence-corrected chi connectivity index (χ0v) is 38.1. The van der Waals surface area contributed by atoms with Gasteiger partial charge in [-0.2, -0.15) is 0 Å². The summed E-state index contributed by atoms with van der Waals surface area (Å²) < 4.78 is 17.4. The molecule has 2 aromatic carbocycles. The normalized spacial score (nSPS) is 10.5. The summed E-state index contributed by atoms with van der Waals surface area (Å²) >= 11 is 5.47. The van der Waals surface area contributed by atoms with Crippen molar-refractivity contribution in [1.29, 1.82) is 0 Å². The van der Waals surface area contributed by atoms with Gasteiger partial charge in [0, 0.05) is 0 Å². The molecule has 56 heavy (non-hydrogen) atoms. The number of rotatable bonds is 11. The Bertz CT molecular complexity index is 1880. The molecule has 0 saturated carbocycles. The number of aromatic nitrogens is 4. The average Bonchev–Trinajstić information content (AvgIpc) is 3.71. The molecular weight excluding hydrogens is 822 g/mol. The van der Waals surface area contributed by atoms with Crippen molar-refractivity contribution in [2.24, 2.45) is 14.1 Å². The number of alkyl halides is 1. The van der Waals surface area contributed by atoms with Crippen molar-refractivity contribution in [3.63, 3.8) is 0 Å². The molecule has 298 valence electrons. The number of carbonyl (C=O) groups excluding carboxylic acids is 3. The average molecular weight is 863 g/mol. The molecule has 0 aliphatic heterocycles. The quantitative estimate of drug-likeness (QED) is 0.0262. The largest absolute Gasteiger partial charge is 1.00 e. The topological polar surface area (TPSA) is 294 Å². The number of aliphatic hydroxyl groups excluding tert-OH is 2. The van der Waals surface area contributed by atoms with Crippen LogP contribution >= 0.6 is 11.6 Å². The SMILES string of the molecule is C.COC(=O)c1cc(C(C)O)ccc1O.COC(=O)c1cc(C(C)O)ccc1OCc1cnc([N+](=O)[O-])n1C.Cn1c(CCl)cnc1[N+](=O)[O-].O=CO[O-].[H-].[K+].[K+]. The second kappa shape index (κ2) is 29.3. The van der Waals surface area contributed by atoms with Crippen LogP contribution in [0.15, 0.2) is 48.8 Å². The van der Waals surface area contributed by atoms with Gasteiger partial charge in [-0.25, -0.2) is 18.7 Å². The van der Waals surface area contributed by atoms with Gasteiger partial charge < -0.3 is 61.3 Å². The van der Waals surface area contributed by atoms with Crippen LogP contribution in [0.25, 0.3) is 0 Å². The van der Waals surface area contributed by atoms with Gasteiger partial charge in [0.2, 0.25) is 0 Å². The third-order valence-electron chi connectivity index (χ3n) is 6.80. The Morgan fingerprint density at radius 1 is 0.875 bits per heavy atom. The molecule has 24 heteroatoms. The second-order valence-electron chi connectivity index (χ2n) is 10.2. The summed E-state index contributed by atoms with van der Waals surface area (Å²) in [7, 11) is 5.53. The predicted octanol–water partition coefficient (Wildman–Crippen LogP) is -2.76. The number of carbonyl (C=O) groups is 3. The molecule has 3 N–H and O–H groups in total. The first-order valence-corrected chi connectivity index (χ1v) is 15.2. The fourth-order valence-corrected chi connectivity index (χ4v) is 4.16. The predicted molar refractivity (Wildman–Crippen MR) is 187 cm³/mol. The van der Waals surface area contributed by atoms with Gasteiger partial charge >= 0.3 is 127 Å². The summed E-state index contributed by atoms with van der Waals surface area (Å²) in [5, 5.41) is 57.7. The number of halogens is 1. The van der Waals surface area contributed by atoms with Gasteiger partial charge in [0.05, 0.1) is 46.4 Å². The minimum absolute atomic E-state index is 0. The van der Waals surface area contributed by atoms with Crippen LogP contribution in [0.2, 0.25) is 0 Å². The molecule has 2 atom stereocenters. The monoisotopic (exact) mass is 862 g/mol. The maximum atomic E-state index is 11.9. The van der Waals surface area contributed by atoms with E-state index in [9.17, 15) is 45.1 Å². The van der Waals surface area contributed by atoms with E-state index in [-0.39, 0.29) is 165 Å². The van der Waals surface area contributed by atoms with Crippen LogP contribution in [-0.2, 0) is 45.7 Å². The minimum Gasteiger partial charge on any atom is -1.00 e. The van der Waals surface area contributed by atoms with Gasteiger partial charge in [-0.3, -0.25) is 4.79 Å². The van der Waals surface area contributed by atoms with E-state index in [2.05, 4.69) is 19.6 Å². The van der Waals surface area contributed by atoms with Gasteiger partial charge in [0.1, 0.15) is 47.3 Å². The number of phenolic OH excluding ortho intramolecular Hbond substituents is 1. The number of ether oxygens (including phenoxy) is 3. The van der Waals surface area contributed by atoms with Crippen LogP contribution in [-0.4, -0.2) is 76.9 Å². The molecule has 0 aliphatic carbocycles. The molecule has 2 aromatic heterocycles. The number of esters is 2. The maximum absolute atomic E-state index is 11.9. The Labute approximate surface area is 412 Å². The fraction of sp³-hybridized carbons (Fsp3) is 0.344. The fourth-order valence-electron chi connectivity index (χ4n) is 3.91.